The van der Waals surface area contributed by atoms with E-state index in [1.54, 1.807) is 0 Å². The van der Waals surface area contributed by atoms with Gasteiger partial charge in [0.1, 0.15) is 0 Å². The normalized spacial score (nSPS) is 24.7. The van der Waals surface area contributed by atoms with Crippen molar-refractivity contribution in [2.75, 3.05) is 31.1 Å². The van der Waals surface area contributed by atoms with E-state index in [1.165, 1.54) is 16.7 Å². The first-order valence-electron chi connectivity index (χ1n) is 5.39. The second-order valence-corrected chi connectivity index (χ2v) is 5.07. The van der Waals surface area contributed by atoms with E-state index in [0.717, 1.165) is 25.9 Å². The molecule has 2 fully saturated rings. The average Bonchev–Trinajstić information content (AvgIpc) is 2.25. The van der Waals surface area contributed by atoms with E-state index in [-0.39, 0.29) is 11.8 Å². The number of imide groups is 1. The third kappa shape index (κ3) is 2.72. The van der Waals surface area contributed by atoms with Gasteiger partial charge in [0.25, 0.3) is 0 Å². The van der Waals surface area contributed by atoms with Crippen molar-refractivity contribution in [3.8, 4) is 0 Å². The Balaban J connectivity index is 1.90. The third-order valence-electron chi connectivity index (χ3n) is 2.95. The summed E-state index contributed by atoms with van der Waals surface area (Å²) in [5, 5.41) is 3.28. The number of thioether (sulfide) groups is 1. The van der Waals surface area contributed by atoms with Gasteiger partial charge in [-0.2, -0.15) is 0 Å². The monoisotopic (exact) mass is 228 g/mol. The smallest absolute Gasteiger partial charge is 0.239 e. The first-order chi connectivity index (χ1) is 7.27. The lowest BCUT2D eigenvalue weighted by atomic mass is 9.97. The first-order valence-corrected chi connectivity index (χ1v) is 6.54. The molecule has 0 atom stereocenters. The van der Waals surface area contributed by atoms with Gasteiger partial charge in [-0.1, -0.05) is 0 Å². The van der Waals surface area contributed by atoms with Crippen LogP contribution in [-0.4, -0.2) is 47.9 Å². The van der Waals surface area contributed by atoms with E-state index >= 15 is 0 Å². The number of hydrogen-bond acceptors (Lipinski definition) is 4. The Bertz CT molecular complexity index is 248. The zero-order chi connectivity index (χ0) is 10.7. The molecule has 2 amide bonds. The predicted octanol–water partition coefficient (Wildman–Crippen LogP) is 0.0880. The number of hydrogen-bond donors (Lipinski definition) is 1. The van der Waals surface area contributed by atoms with Crippen molar-refractivity contribution in [2.24, 2.45) is 5.92 Å². The highest BCUT2D eigenvalue weighted by Gasteiger charge is 2.28. The number of carbonyl (C=O) groups is 2. The Morgan fingerprint density at radius 3 is 2.40 bits per heavy atom. The Morgan fingerprint density at radius 1 is 1.20 bits per heavy atom. The van der Waals surface area contributed by atoms with Crippen molar-refractivity contribution >= 4 is 23.6 Å². The van der Waals surface area contributed by atoms with Gasteiger partial charge in [0, 0.05) is 6.54 Å². The zero-order valence-electron chi connectivity index (χ0n) is 8.70. The number of rotatable bonds is 2. The highest BCUT2D eigenvalue weighted by atomic mass is 32.2. The fraction of sp³-hybridized carbons (Fsp3) is 0.800. The maximum atomic E-state index is 11.5. The summed E-state index contributed by atoms with van der Waals surface area (Å²) in [6.45, 7) is 2.66. The molecule has 5 heteroatoms. The molecule has 0 aliphatic carbocycles. The second kappa shape index (κ2) is 4.99. The molecular formula is C10H16N2O2S. The fourth-order valence-electron chi connectivity index (χ4n) is 2.05. The summed E-state index contributed by atoms with van der Waals surface area (Å²) < 4.78 is 0. The van der Waals surface area contributed by atoms with Gasteiger partial charge in [0.2, 0.25) is 11.8 Å². The molecule has 0 unspecified atom stereocenters. The Labute approximate surface area is 93.8 Å². The minimum absolute atomic E-state index is 0.00483. The van der Waals surface area contributed by atoms with Gasteiger partial charge >= 0.3 is 0 Å². The molecule has 0 bridgehead atoms. The number of piperidine rings is 1. The molecule has 2 aliphatic rings. The van der Waals surface area contributed by atoms with Crippen LogP contribution in [0, 0.1) is 5.92 Å². The van der Waals surface area contributed by atoms with Crippen molar-refractivity contribution in [3.63, 3.8) is 0 Å². The van der Waals surface area contributed by atoms with Crippen LogP contribution in [0.2, 0.25) is 0 Å². The van der Waals surface area contributed by atoms with Crippen LogP contribution in [0.25, 0.3) is 0 Å². The molecule has 1 N–H and O–H groups in total. The molecule has 4 nitrogen and oxygen atoms in total. The maximum Gasteiger partial charge on any atom is 0.239 e. The van der Waals surface area contributed by atoms with Crippen molar-refractivity contribution < 1.29 is 9.59 Å². The minimum atomic E-state index is -0.00483. The Morgan fingerprint density at radius 2 is 1.80 bits per heavy atom. The topological polar surface area (TPSA) is 49.4 Å². The SMILES string of the molecule is O=C1CSCC(=O)N1CC1CCNCC1. The van der Waals surface area contributed by atoms with E-state index in [4.69, 9.17) is 0 Å². The van der Waals surface area contributed by atoms with Gasteiger partial charge in [-0.15, -0.1) is 11.8 Å². The minimum Gasteiger partial charge on any atom is -0.317 e. The van der Waals surface area contributed by atoms with Crippen LogP contribution >= 0.6 is 11.8 Å². The van der Waals surface area contributed by atoms with Gasteiger partial charge in [-0.25, -0.2) is 0 Å². The standard InChI is InChI=1S/C10H16N2O2S/c13-9-6-15-7-10(14)12(9)5-8-1-3-11-4-2-8/h8,11H,1-7H2. The van der Waals surface area contributed by atoms with Crippen molar-refractivity contribution in [1.29, 1.82) is 0 Å². The lowest BCUT2D eigenvalue weighted by molar-refractivity contribution is -0.143. The molecule has 0 saturated carbocycles. The highest BCUT2D eigenvalue weighted by Crippen LogP contribution is 2.18. The van der Waals surface area contributed by atoms with Crippen LogP contribution in [0.4, 0.5) is 0 Å². The fourth-order valence-corrected chi connectivity index (χ4v) is 2.81. The largest absolute Gasteiger partial charge is 0.317 e. The summed E-state index contributed by atoms with van der Waals surface area (Å²) in [5.74, 6) is 1.43. The first kappa shape index (κ1) is 11.0. The van der Waals surface area contributed by atoms with Gasteiger partial charge < -0.3 is 5.32 Å². The molecule has 0 radical (unpaired) electrons. The summed E-state index contributed by atoms with van der Waals surface area (Å²) in [5.41, 5.74) is 0. The van der Waals surface area contributed by atoms with E-state index in [9.17, 15) is 9.59 Å². The van der Waals surface area contributed by atoms with Crippen LogP contribution in [0.1, 0.15) is 12.8 Å². The summed E-state index contributed by atoms with van der Waals surface area (Å²) in [4.78, 5) is 24.6. The van der Waals surface area contributed by atoms with Crippen LogP contribution in [0.15, 0.2) is 0 Å². The maximum absolute atomic E-state index is 11.5. The summed E-state index contributed by atoms with van der Waals surface area (Å²) in [7, 11) is 0. The molecule has 0 aromatic heterocycles. The molecule has 0 spiro atoms. The Hall–Kier alpha value is -0.550. The third-order valence-corrected chi connectivity index (χ3v) is 3.85. The van der Waals surface area contributed by atoms with E-state index in [0.29, 0.717) is 24.0 Å². The second-order valence-electron chi connectivity index (χ2n) is 4.08. The number of amides is 2. The number of nitrogens with zero attached hydrogens (tertiary/aromatic N) is 1. The summed E-state index contributed by atoms with van der Waals surface area (Å²) in [6, 6.07) is 0. The van der Waals surface area contributed by atoms with Crippen LogP contribution in [0.5, 0.6) is 0 Å². The lowest BCUT2D eigenvalue weighted by Crippen LogP contribution is -2.46. The molecule has 2 rings (SSSR count). The molecule has 0 aromatic rings. The Kier molecular flexibility index (Phi) is 3.64. The zero-order valence-corrected chi connectivity index (χ0v) is 9.52. The summed E-state index contributed by atoms with van der Waals surface area (Å²) >= 11 is 1.42. The lowest BCUT2D eigenvalue weighted by Gasteiger charge is -2.30. The molecule has 15 heavy (non-hydrogen) atoms. The van der Waals surface area contributed by atoms with Gasteiger partial charge in [0.15, 0.2) is 0 Å². The van der Waals surface area contributed by atoms with Crippen LogP contribution in [0.3, 0.4) is 0 Å². The van der Waals surface area contributed by atoms with Crippen LogP contribution in [-0.2, 0) is 9.59 Å². The average molecular weight is 228 g/mol. The van der Waals surface area contributed by atoms with E-state index < -0.39 is 0 Å². The van der Waals surface area contributed by atoms with Gasteiger partial charge in [0.05, 0.1) is 11.5 Å². The number of nitrogens with one attached hydrogen (secondary N) is 1. The van der Waals surface area contributed by atoms with Crippen molar-refractivity contribution in [1.82, 2.24) is 10.2 Å². The molecule has 2 heterocycles. The highest BCUT2D eigenvalue weighted by molar-refractivity contribution is 8.00. The molecular weight excluding hydrogens is 212 g/mol. The molecule has 2 saturated heterocycles. The summed E-state index contributed by atoms with van der Waals surface area (Å²) in [6.07, 6.45) is 2.15. The van der Waals surface area contributed by atoms with Crippen molar-refractivity contribution in [2.45, 2.75) is 12.8 Å². The molecule has 0 aromatic carbocycles. The molecule has 84 valence electrons. The van der Waals surface area contributed by atoms with Gasteiger partial charge in [-0.3, -0.25) is 14.5 Å². The van der Waals surface area contributed by atoms with E-state index in [1.807, 2.05) is 0 Å². The van der Waals surface area contributed by atoms with E-state index in [2.05, 4.69) is 5.32 Å². The van der Waals surface area contributed by atoms with Crippen LogP contribution < -0.4 is 5.32 Å². The molecule has 2 aliphatic heterocycles. The van der Waals surface area contributed by atoms with Gasteiger partial charge in [-0.05, 0) is 31.8 Å². The van der Waals surface area contributed by atoms with Crippen molar-refractivity contribution in [3.05, 3.63) is 0 Å². The number of carbonyl (C=O) groups excluding carboxylic acids is 2. The quantitative estimate of drug-likeness (QED) is 0.680. The predicted molar refractivity (Wildman–Crippen MR) is 59.6 cm³/mol.